The molecule has 0 fully saturated rings. The van der Waals surface area contributed by atoms with E-state index in [0.29, 0.717) is 0 Å². The zero-order chi connectivity index (χ0) is 41.7. The van der Waals surface area contributed by atoms with E-state index < -0.39 is 0 Å². The maximum atomic E-state index is 2.48. The molecule has 0 amide bonds. The molecule has 3 nitrogen and oxygen atoms in total. The number of hydrogen-bond acceptors (Lipinski definition) is 1. The molecular formula is C60H41N3. The summed E-state index contributed by atoms with van der Waals surface area (Å²) in [5.74, 6) is 0. The summed E-state index contributed by atoms with van der Waals surface area (Å²) in [6, 6.07) is 90.0. The third kappa shape index (κ3) is 6.13. The highest BCUT2D eigenvalue weighted by atomic mass is 15.1. The van der Waals surface area contributed by atoms with Crippen LogP contribution in [0.1, 0.15) is 0 Å². The van der Waals surface area contributed by atoms with Crippen molar-refractivity contribution in [3.8, 4) is 44.9 Å². The summed E-state index contributed by atoms with van der Waals surface area (Å²) >= 11 is 0. The van der Waals surface area contributed by atoms with Crippen molar-refractivity contribution in [3.05, 3.63) is 249 Å². The van der Waals surface area contributed by atoms with Gasteiger partial charge in [0.1, 0.15) is 0 Å². The fourth-order valence-corrected chi connectivity index (χ4v) is 9.76. The Kier molecular flexibility index (Phi) is 8.83. The molecule has 0 spiro atoms. The van der Waals surface area contributed by atoms with Gasteiger partial charge in [-0.25, -0.2) is 0 Å². The average Bonchev–Trinajstić information content (AvgIpc) is 3.89. The number of aromatic nitrogens is 2. The summed E-state index contributed by atoms with van der Waals surface area (Å²) in [5, 5.41) is 6.11. The number of rotatable bonds is 8. The number of benzene rings is 10. The molecule has 0 saturated heterocycles. The number of fused-ring (bicyclic) bond motifs is 6. The van der Waals surface area contributed by atoms with Gasteiger partial charge < -0.3 is 14.0 Å². The van der Waals surface area contributed by atoms with Crippen molar-refractivity contribution in [2.45, 2.75) is 0 Å². The van der Waals surface area contributed by atoms with Crippen LogP contribution in [0.15, 0.2) is 249 Å². The molecule has 3 heteroatoms. The molecule has 2 aromatic heterocycles. The van der Waals surface area contributed by atoms with Crippen LogP contribution in [0.5, 0.6) is 0 Å². The van der Waals surface area contributed by atoms with Crippen molar-refractivity contribution in [2.75, 3.05) is 4.90 Å². The third-order valence-corrected chi connectivity index (χ3v) is 12.5. The van der Waals surface area contributed by atoms with E-state index in [1.165, 1.54) is 77.0 Å². The Labute approximate surface area is 366 Å². The van der Waals surface area contributed by atoms with E-state index in [9.17, 15) is 0 Å². The molecule has 0 bridgehead atoms. The summed E-state index contributed by atoms with van der Waals surface area (Å²) in [6.07, 6.45) is 0. The first-order valence-corrected chi connectivity index (χ1v) is 21.6. The van der Waals surface area contributed by atoms with Gasteiger partial charge in [-0.05, 0) is 100 Å². The zero-order valence-electron chi connectivity index (χ0n) is 34.5. The lowest BCUT2D eigenvalue weighted by atomic mass is 9.94. The molecule has 0 N–H and O–H groups in total. The normalized spacial score (nSPS) is 11.5. The fourth-order valence-electron chi connectivity index (χ4n) is 9.76. The summed E-state index contributed by atoms with van der Waals surface area (Å²) in [6.45, 7) is 0. The number of hydrogen-bond donors (Lipinski definition) is 0. The van der Waals surface area contributed by atoms with Gasteiger partial charge >= 0.3 is 0 Å². The first-order valence-electron chi connectivity index (χ1n) is 21.6. The van der Waals surface area contributed by atoms with Gasteiger partial charge in [0, 0.05) is 55.5 Å². The van der Waals surface area contributed by atoms with E-state index in [-0.39, 0.29) is 0 Å². The van der Waals surface area contributed by atoms with Crippen LogP contribution in [-0.2, 0) is 0 Å². The Hall–Kier alpha value is -8.40. The van der Waals surface area contributed by atoms with Crippen LogP contribution < -0.4 is 4.90 Å². The van der Waals surface area contributed by atoms with Crippen LogP contribution in [0.3, 0.4) is 0 Å². The van der Waals surface area contributed by atoms with Gasteiger partial charge in [0.05, 0.1) is 22.2 Å². The highest BCUT2D eigenvalue weighted by Crippen LogP contribution is 2.47. The van der Waals surface area contributed by atoms with Crippen molar-refractivity contribution >= 4 is 60.5 Å². The highest BCUT2D eigenvalue weighted by Gasteiger charge is 2.24. The van der Waals surface area contributed by atoms with Gasteiger partial charge in [0.25, 0.3) is 0 Å². The lowest BCUT2D eigenvalue weighted by molar-refractivity contribution is 1.14. The standard InChI is InChI=1S/C60H41N3/c1-6-19-43(20-7-1)58-54-39-38-51-50(30-18-31-53(51)60(54)63(47-27-14-5-15-28-47)59(58)44-21-8-2-9-22-44)42-33-35-48(36-34-42)61(45-23-10-3-11-24-45)49-37-40-57-55(41-49)52-29-16-17-32-56(52)62(57)46-25-12-4-13-26-46/h1-41H. The van der Waals surface area contributed by atoms with Crippen molar-refractivity contribution in [1.82, 2.24) is 9.13 Å². The van der Waals surface area contributed by atoms with Crippen LogP contribution in [0.2, 0.25) is 0 Å². The van der Waals surface area contributed by atoms with Crippen LogP contribution in [0.25, 0.3) is 88.4 Å². The molecule has 10 aromatic carbocycles. The molecule has 0 aliphatic heterocycles. The van der Waals surface area contributed by atoms with Gasteiger partial charge in [-0.3, -0.25) is 0 Å². The highest BCUT2D eigenvalue weighted by molar-refractivity contribution is 6.18. The minimum atomic E-state index is 1.09. The maximum Gasteiger partial charge on any atom is 0.0620 e. The summed E-state index contributed by atoms with van der Waals surface area (Å²) in [5.41, 5.74) is 16.4. The molecule has 2 heterocycles. The van der Waals surface area contributed by atoms with Gasteiger partial charge in [-0.2, -0.15) is 0 Å². The largest absolute Gasteiger partial charge is 0.310 e. The van der Waals surface area contributed by atoms with Crippen molar-refractivity contribution < 1.29 is 0 Å². The van der Waals surface area contributed by atoms with E-state index in [4.69, 9.17) is 0 Å². The van der Waals surface area contributed by atoms with Crippen molar-refractivity contribution in [3.63, 3.8) is 0 Å². The topological polar surface area (TPSA) is 13.1 Å². The second-order valence-corrected chi connectivity index (χ2v) is 16.1. The second kappa shape index (κ2) is 15.3. The molecule has 0 unspecified atom stereocenters. The van der Waals surface area contributed by atoms with E-state index in [1.54, 1.807) is 0 Å². The Morgan fingerprint density at radius 1 is 0.286 bits per heavy atom. The van der Waals surface area contributed by atoms with E-state index in [0.717, 1.165) is 28.4 Å². The number of nitrogens with zero attached hydrogens (tertiary/aromatic N) is 3. The Morgan fingerprint density at radius 2 is 0.810 bits per heavy atom. The summed E-state index contributed by atoms with van der Waals surface area (Å²) in [7, 11) is 0. The molecule has 12 aromatic rings. The fraction of sp³-hybridized carbons (Fsp3) is 0. The average molecular weight is 804 g/mol. The van der Waals surface area contributed by atoms with Gasteiger partial charge in [-0.15, -0.1) is 0 Å². The summed E-state index contributed by atoms with van der Waals surface area (Å²) in [4.78, 5) is 2.37. The van der Waals surface area contributed by atoms with Gasteiger partial charge in [0.15, 0.2) is 0 Å². The number of anilines is 3. The second-order valence-electron chi connectivity index (χ2n) is 16.1. The lowest BCUT2D eigenvalue weighted by Gasteiger charge is -2.26. The molecule has 0 aliphatic carbocycles. The van der Waals surface area contributed by atoms with E-state index >= 15 is 0 Å². The van der Waals surface area contributed by atoms with Crippen LogP contribution in [0, 0.1) is 0 Å². The molecule has 0 radical (unpaired) electrons. The van der Waals surface area contributed by atoms with Crippen molar-refractivity contribution in [1.29, 1.82) is 0 Å². The monoisotopic (exact) mass is 803 g/mol. The smallest absolute Gasteiger partial charge is 0.0620 e. The maximum absolute atomic E-state index is 2.48. The van der Waals surface area contributed by atoms with Gasteiger partial charge in [0.2, 0.25) is 0 Å². The minimum absolute atomic E-state index is 1.09. The molecule has 0 saturated carbocycles. The first-order chi connectivity index (χ1) is 31.3. The molecule has 0 aliphatic rings. The van der Waals surface area contributed by atoms with Crippen LogP contribution in [-0.4, -0.2) is 9.13 Å². The predicted octanol–water partition coefficient (Wildman–Crippen LogP) is 16.4. The molecule has 63 heavy (non-hydrogen) atoms. The van der Waals surface area contributed by atoms with Gasteiger partial charge in [-0.1, -0.05) is 176 Å². The minimum Gasteiger partial charge on any atom is -0.310 e. The van der Waals surface area contributed by atoms with Crippen LogP contribution in [0.4, 0.5) is 17.1 Å². The molecular weight excluding hydrogens is 763 g/mol. The summed E-state index contributed by atoms with van der Waals surface area (Å²) < 4.78 is 4.85. The zero-order valence-corrected chi connectivity index (χ0v) is 34.5. The van der Waals surface area contributed by atoms with E-state index in [1.807, 2.05) is 0 Å². The molecule has 0 atom stereocenters. The lowest BCUT2D eigenvalue weighted by Crippen LogP contribution is -2.09. The Bertz CT molecular complexity index is 3570. The Balaban J connectivity index is 1.02. The third-order valence-electron chi connectivity index (χ3n) is 12.5. The van der Waals surface area contributed by atoms with Crippen LogP contribution >= 0.6 is 0 Å². The molecule has 12 rings (SSSR count). The van der Waals surface area contributed by atoms with E-state index in [2.05, 4.69) is 263 Å². The first kappa shape index (κ1) is 36.5. The number of para-hydroxylation sites is 4. The predicted molar refractivity (Wildman–Crippen MR) is 266 cm³/mol. The van der Waals surface area contributed by atoms with Crippen molar-refractivity contribution in [2.24, 2.45) is 0 Å². The Morgan fingerprint density at radius 3 is 1.51 bits per heavy atom. The molecule has 296 valence electrons. The SMILES string of the molecule is c1ccc(-c2c(-c3ccccc3)n(-c3ccccc3)c3c2ccc2c(-c4ccc(N(c5ccccc5)c5ccc6c(c5)c5ccccc5n6-c5ccccc5)cc4)cccc23)cc1. The quantitative estimate of drug-likeness (QED) is 0.149.